The van der Waals surface area contributed by atoms with Crippen LogP contribution in [0.25, 0.3) is 0 Å². The van der Waals surface area contributed by atoms with E-state index >= 15 is 0 Å². The molecule has 0 amide bonds. The van der Waals surface area contributed by atoms with Gasteiger partial charge in [-0.1, -0.05) is 26.0 Å². The Morgan fingerprint density at radius 3 is 2.57 bits per heavy atom. The van der Waals surface area contributed by atoms with Crippen molar-refractivity contribution < 1.29 is 4.74 Å². The number of ether oxygens (including phenoxy) is 1. The lowest BCUT2D eigenvalue weighted by Crippen LogP contribution is -2.14. The molecule has 2 rings (SSSR count). The summed E-state index contributed by atoms with van der Waals surface area (Å²) in [5.41, 5.74) is 4.42. The summed E-state index contributed by atoms with van der Waals surface area (Å²) >= 11 is 0. The minimum absolute atomic E-state index is 0.221. The van der Waals surface area contributed by atoms with E-state index in [1.807, 2.05) is 31.2 Å². The lowest BCUT2D eigenvalue weighted by Gasteiger charge is -2.18. The summed E-state index contributed by atoms with van der Waals surface area (Å²) in [4.78, 5) is 8.49. The van der Waals surface area contributed by atoms with Gasteiger partial charge in [0.1, 0.15) is 23.7 Å². The number of nitrogen functional groups attached to an aromatic ring is 1. The van der Waals surface area contributed by atoms with Crippen LogP contribution in [-0.2, 0) is 0 Å². The van der Waals surface area contributed by atoms with Crippen LogP contribution in [0, 0.1) is 0 Å². The van der Waals surface area contributed by atoms with E-state index < -0.39 is 0 Å². The number of hydrogen-bond donors (Lipinski definition) is 3. The van der Waals surface area contributed by atoms with Crippen LogP contribution in [-0.4, -0.2) is 16.6 Å². The Morgan fingerprint density at radius 1 is 1.19 bits per heavy atom. The molecule has 1 aromatic carbocycles. The summed E-state index contributed by atoms with van der Waals surface area (Å²) in [6.45, 7) is 6.70. The monoisotopic (exact) mass is 287 g/mol. The predicted octanol–water partition coefficient (Wildman–Crippen LogP) is 3.03. The molecule has 1 heterocycles. The number of hydrogen-bond acceptors (Lipinski definition) is 6. The van der Waals surface area contributed by atoms with Gasteiger partial charge in [0.2, 0.25) is 0 Å². The van der Waals surface area contributed by atoms with E-state index in [1.54, 1.807) is 0 Å². The number of hydrazine groups is 1. The molecule has 0 bridgehead atoms. The fourth-order valence-electron chi connectivity index (χ4n) is 2.14. The van der Waals surface area contributed by atoms with Crippen LogP contribution < -0.4 is 21.3 Å². The topological polar surface area (TPSA) is 85.1 Å². The van der Waals surface area contributed by atoms with Crippen molar-refractivity contribution in [2.75, 3.05) is 17.3 Å². The standard InChI is InChI=1S/C15H21N5O/c1-4-21-12-8-6-5-7-11(12)19-14-13(10(2)3)15(20-16)18-9-17-14/h5-10H,4,16H2,1-3H3,(H2,17,18,19,20). The van der Waals surface area contributed by atoms with Gasteiger partial charge in [-0.3, -0.25) is 0 Å². The van der Waals surface area contributed by atoms with Gasteiger partial charge in [-0.2, -0.15) is 0 Å². The van der Waals surface area contributed by atoms with E-state index in [0.717, 1.165) is 22.8 Å². The maximum atomic E-state index is 5.62. The summed E-state index contributed by atoms with van der Waals surface area (Å²) < 4.78 is 5.62. The lowest BCUT2D eigenvalue weighted by atomic mass is 10.0. The van der Waals surface area contributed by atoms with E-state index in [4.69, 9.17) is 10.6 Å². The molecule has 0 fully saturated rings. The van der Waals surface area contributed by atoms with Gasteiger partial charge >= 0.3 is 0 Å². The number of aromatic nitrogens is 2. The van der Waals surface area contributed by atoms with Crippen molar-refractivity contribution in [1.29, 1.82) is 0 Å². The quantitative estimate of drug-likeness (QED) is 0.559. The van der Waals surface area contributed by atoms with Gasteiger partial charge in [-0.15, -0.1) is 0 Å². The van der Waals surface area contributed by atoms with Gasteiger partial charge in [0.15, 0.2) is 0 Å². The molecule has 1 aromatic heterocycles. The summed E-state index contributed by atoms with van der Waals surface area (Å²) in [7, 11) is 0. The first-order chi connectivity index (χ1) is 10.2. The molecule has 0 aliphatic heterocycles. The van der Waals surface area contributed by atoms with Gasteiger partial charge in [0.25, 0.3) is 0 Å². The van der Waals surface area contributed by atoms with E-state index in [2.05, 4.69) is 34.6 Å². The van der Waals surface area contributed by atoms with Gasteiger partial charge in [0.05, 0.1) is 12.3 Å². The Balaban J connectivity index is 2.40. The number of rotatable bonds is 6. The van der Waals surface area contributed by atoms with Gasteiger partial charge in [-0.25, -0.2) is 15.8 Å². The average Bonchev–Trinajstić information content (AvgIpc) is 2.49. The number of para-hydroxylation sites is 2. The third-order valence-electron chi connectivity index (χ3n) is 3.04. The molecule has 6 nitrogen and oxygen atoms in total. The highest BCUT2D eigenvalue weighted by Crippen LogP contribution is 2.33. The largest absolute Gasteiger partial charge is 0.492 e. The third-order valence-corrected chi connectivity index (χ3v) is 3.04. The molecule has 0 radical (unpaired) electrons. The van der Waals surface area contributed by atoms with E-state index in [9.17, 15) is 0 Å². The molecule has 21 heavy (non-hydrogen) atoms. The number of benzene rings is 1. The van der Waals surface area contributed by atoms with Gasteiger partial charge < -0.3 is 15.5 Å². The molecule has 2 aromatic rings. The summed E-state index contributed by atoms with van der Waals surface area (Å²) in [6.07, 6.45) is 1.48. The zero-order valence-corrected chi connectivity index (χ0v) is 12.6. The molecule has 0 saturated heterocycles. The van der Waals surface area contributed by atoms with Crippen molar-refractivity contribution in [2.24, 2.45) is 5.84 Å². The molecule has 0 saturated carbocycles. The van der Waals surface area contributed by atoms with E-state index in [0.29, 0.717) is 12.4 Å². The zero-order chi connectivity index (χ0) is 15.2. The molecule has 4 N–H and O–H groups in total. The smallest absolute Gasteiger partial charge is 0.148 e. The van der Waals surface area contributed by atoms with Crippen molar-refractivity contribution >= 4 is 17.3 Å². The first kappa shape index (κ1) is 15.1. The highest BCUT2D eigenvalue weighted by molar-refractivity contribution is 5.69. The first-order valence-electron chi connectivity index (χ1n) is 6.97. The van der Waals surface area contributed by atoms with Crippen LogP contribution in [0.2, 0.25) is 0 Å². The first-order valence-corrected chi connectivity index (χ1v) is 6.97. The Morgan fingerprint density at radius 2 is 1.90 bits per heavy atom. The van der Waals surface area contributed by atoms with Crippen molar-refractivity contribution in [3.05, 3.63) is 36.2 Å². The molecular formula is C15H21N5O. The summed E-state index contributed by atoms with van der Waals surface area (Å²) in [5, 5.41) is 3.31. The average molecular weight is 287 g/mol. The minimum atomic E-state index is 0.221. The fraction of sp³-hybridized carbons (Fsp3) is 0.333. The second-order valence-electron chi connectivity index (χ2n) is 4.84. The summed E-state index contributed by atoms with van der Waals surface area (Å²) in [5.74, 6) is 7.89. The third kappa shape index (κ3) is 3.41. The van der Waals surface area contributed by atoms with Crippen molar-refractivity contribution in [3.63, 3.8) is 0 Å². The maximum absolute atomic E-state index is 5.62. The fourth-order valence-corrected chi connectivity index (χ4v) is 2.14. The van der Waals surface area contributed by atoms with Crippen molar-refractivity contribution in [1.82, 2.24) is 9.97 Å². The highest BCUT2D eigenvalue weighted by atomic mass is 16.5. The molecule has 0 atom stereocenters. The van der Waals surface area contributed by atoms with Crippen LogP contribution in [0.3, 0.4) is 0 Å². The van der Waals surface area contributed by atoms with Crippen molar-refractivity contribution in [3.8, 4) is 5.75 Å². The van der Waals surface area contributed by atoms with Gasteiger partial charge in [-0.05, 0) is 25.0 Å². The Labute approximate surface area is 124 Å². The van der Waals surface area contributed by atoms with Crippen LogP contribution in [0.15, 0.2) is 30.6 Å². The van der Waals surface area contributed by atoms with E-state index in [1.165, 1.54) is 6.33 Å². The Hall–Kier alpha value is -2.34. The SMILES string of the molecule is CCOc1ccccc1Nc1ncnc(NN)c1C(C)C. The minimum Gasteiger partial charge on any atom is -0.492 e. The van der Waals surface area contributed by atoms with Gasteiger partial charge in [0, 0.05) is 5.56 Å². The van der Waals surface area contributed by atoms with Crippen LogP contribution in [0.1, 0.15) is 32.3 Å². The second-order valence-corrected chi connectivity index (χ2v) is 4.84. The molecule has 6 heteroatoms. The molecule has 0 aliphatic rings. The maximum Gasteiger partial charge on any atom is 0.148 e. The van der Waals surface area contributed by atoms with Crippen LogP contribution in [0.5, 0.6) is 5.75 Å². The van der Waals surface area contributed by atoms with Crippen molar-refractivity contribution in [2.45, 2.75) is 26.7 Å². The predicted molar refractivity (Wildman–Crippen MR) is 84.8 cm³/mol. The number of anilines is 3. The number of nitrogens with zero attached hydrogens (tertiary/aromatic N) is 2. The molecular weight excluding hydrogens is 266 g/mol. The highest BCUT2D eigenvalue weighted by Gasteiger charge is 2.15. The molecule has 0 unspecified atom stereocenters. The normalized spacial score (nSPS) is 10.5. The Bertz CT molecular complexity index is 600. The molecule has 0 aliphatic carbocycles. The second kappa shape index (κ2) is 6.90. The van der Waals surface area contributed by atoms with E-state index in [-0.39, 0.29) is 5.92 Å². The number of nitrogens with one attached hydrogen (secondary N) is 2. The van der Waals surface area contributed by atoms with Crippen LogP contribution >= 0.6 is 0 Å². The molecule has 0 spiro atoms. The lowest BCUT2D eigenvalue weighted by molar-refractivity contribution is 0.342. The number of nitrogens with two attached hydrogens (primary N) is 1. The Kier molecular flexibility index (Phi) is 4.94. The van der Waals surface area contributed by atoms with Crippen LogP contribution in [0.4, 0.5) is 17.3 Å². The summed E-state index contributed by atoms with van der Waals surface area (Å²) in [6, 6.07) is 7.76. The molecule has 112 valence electrons. The zero-order valence-electron chi connectivity index (χ0n) is 12.6.